The van der Waals surface area contributed by atoms with Gasteiger partial charge in [-0.25, -0.2) is 0 Å². The Bertz CT molecular complexity index is 717. The zero-order valence-corrected chi connectivity index (χ0v) is 16.1. The van der Waals surface area contributed by atoms with Crippen molar-refractivity contribution in [1.82, 2.24) is 9.80 Å². The predicted octanol–water partition coefficient (Wildman–Crippen LogP) is 4.27. The largest absolute Gasteiger partial charge is 0.334 e. The summed E-state index contributed by atoms with van der Waals surface area (Å²) in [5.74, 6) is 0.375. The second-order valence-corrected chi connectivity index (χ2v) is 8.06. The van der Waals surface area contributed by atoms with Crippen LogP contribution in [0.15, 0.2) is 60.7 Å². The van der Waals surface area contributed by atoms with Gasteiger partial charge < -0.3 is 4.90 Å². The van der Waals surface area contributed by atoms with Gasteiger partial charge in [-0.2, -0.15) is 0 Å². The number of likely N-dealkylation sites (tertiary alicyclic amines) is 1. The van der Waals surface area contributed by atoms with Gasteiger partial charge in [0.25, 0.3) is 0 Å². The minimum Gasteiger partial charge on any atom is -0.334 e. The first-order chi connectivity index (χ1) is 13.3. The van der Waals surface area contributed by atoms with Gasteiger partial charge >= 0.3 is 0 Å². The van der Waals surface area contributed by atoms with Crippen LogP contribution in [0.4, 0.5) is 0 Å². The second kappa shape index (κ2) is 8.71. The topological polar surface area (TPSA) is 23.6 Å². The number of nitrogens with zero attached hydrogens (tertiary/aromatic N) is 2. The highest BCUT2D eigenvalue weighted by Gasteiger charge is 2.39. The van der Waals surface area contributed by atoms with Gasteiger partial charge in [0, 0.05) is 38.1 Å². The average Bonchev–Trinajstić information content (AvgIpc) is 2.69. The van der Waals surface area contributed by atoms with Crippen molar-refractivity contribution < 1.29 is 4.79 Å². The lowest BCUT2D eigenvalue weighted by atomic mass is 9.90. The number of hydrogen-bond donors (Lipinski definition) is 0. The highest BCUT2D eigenvalue weighted by molar-refractivity contribution is 5.77. The number of benzene rings is 2. The maximum absolute atomic E-state index is 13.0. The smallest absolute Gasteiger partial charge is 0.223 e. The van der Waals surface area contributed by atoms with E-state index < -0.39 is 0 Å². The zero-order chi connectivity index (χ0) is 18.5. The lowest BCUT2D eigenvalue weighted by Gasteiger charge is -2.50. The monoisotopic (exact) mass is 362 g/mol. The Kier molecular flexibility index (Phi) is 5.88. The Morgan fingerprint density at radius 2 is 1.44 bits per heavy atom. The van der Waals surface area contributed by atoms with Crippen LogP contribution in [-0.4, -0.2) is 40.9 Å². The van der Waals surface area contributed by atoms with E-state index in [1.165, 1.54) is 17.5 Å². The van der Waals surface area contributed by atoms with Crippen molar-refractivity contribution in [2.45, 2.75) is 57.2 Å². The second-order valence-electron chi connectivity index (χ2n) is 8.06. The number of fused-ring (bicyclic) bond motifs is 2. The number of carbonyl (C=O) groups is 1. The lowest BCUT2D eigenvalue weighted by Crippen LogP contribution is -2.62. The molecule has 3 nitrogen and oxygen atoms in total. The van der Waals surface area contributed by atoms with Crippen LogP contribution in [0.2, 0.25) is 0 Å². The normalized spacial score (nSPS) is 22.6. The number of carbonyl (C=O) groups excluding carboxylic acids is 1. The molecule has 0 radical (unpaired) electrons. The molecule has 0 saturated carbocycles. The van der Waals surface area contributed by atoms with E-state index in [9.17, 15) is 4.79 Å². The van der Waals surface area contributed by atoms with Gasteiger partial charge in [0.1, 0.15) is 0 Å². The van der Waals surface area contributed by atoms with Crippen molar-refractivity contribution in [3.8, 4) is 0 Å². The molecule has 142 valence electrons. The molecule has 27 heavy (non-hydrogen) atoms. The van der Waals surface area contributed by atoms with Gasteiger partial charge in [-0.1, -0.05) is 60.7 Å². The standard InChI is InChI=1S/C24H30N2O/c27-24(16-7-13-20-9-3-1-4-10-20)26-22-14-8-15-23(26)19-25(18-22)17-21-11-5-2-6-12-21/h1-6,9-12,22-23H,7-8,13-19H2/t22-,23-/m0/s1. The van der Waals surface area contributed by atoms with E-state index in [0.29, 0.717) is 24.4 Å². The van der Waals surface area contributed by atoms with Gasteiger partial charge in [-0.3, -0.25) is 9.69 Å². The molecular weight excluding hydrogens is 332 g/mol. The summed E-state index contributed by atoms with van der Waals surface area (Å²) in [6.45, 7) is 3.05. The first-order valence-corrected chi connectivity index (χ1v) is 10.4. The molecule has 4 rings (SSSR count). The summed E-state index contributed by atoms with van der Waals surface area (Å²) in [7, 11) is 0. The number of amides is 1. The summed E-state index contributed by atoms with van der Waals surface area (Å²) in [6.07, 6.45) is 6.21. The van der Waals surface area contributed by atoms with E-state index in [2.05, 4.69) is 64.4 Å². The summed E-state index contributed by atoms with van der Waals surface area (Å²) in [5.41, 5.74) is 2.70. The van der Waals surface area contributed by atoms with Gasteiger partial charge in [-0.05, 0) is 43.2 Å². The van der Waals surface area contributed by atoms with E-state index in [0.717, 1.165) is 45.3 Å². The van der Waals surface area contributed by atoms with Crippen LogP contribution >= 0.6 is 0 Å². The molecule has 2 bridgehead atoms. The van der Waals surface area contributed by atoms with Crippen molar-refractivity contribution in [3.63, 3.8) is 0 Å². The van der Waals surface area contributed by atoms with Crippen LogP contribution in [0.5, 0.6) is 0 Å². The predicted molar refractivity (Wildman–Crippen MR) is 109 cm³/mol. The number of hydrogen-bond acceptors (Lipinski definition) is 2. The molecule has 2 saturated heterocycles. The minimum absolute atomic E-state index is 0.375. The van der Waals surface area contributed by atoms with Crippen molar-refractivity contribution in [2.75, 3.05) is 13.1 Å². The summed E-state index contributed by atoms with van der Waals surface area (Å²) in [4.78, 5) is 17.8. The lowest BCUT2D eigenvalue weighted by molar-refractivity contribution is -0.143. The van der Waals surface area contributed by atoms with Crippen molar-refractivity contribution in [3.05, 3.63) is 71.8 Å². The molecule has 2 heterocycles. The molecule has 2 aliphatic heterocycles. The maximum Gasteiger partial charge on any atom is 0.223 e. The van der Waals surface area contributed by atoms with E-state index >= 15 is 0 Å². The van der Waals surface area contributed by atoms with E-state index in [1.54, 1.807) is 0 Å². The Labute approximate surface area is 163 Å². The van der Waals surface area contributed by atoms with Crippen LogP contribution < -0.4 is 0 Å². The Morgan fingerprint density at radius 3 is 2.07 bits per heavy atom. The fraction of sp³-hybridized carbons (Fsp3) is 0.458. The molecule has 2 aliphatic rings. The molecule has 1 amide bonds. The average molecular weight is 363 g/mol. The van der Waals surface area contributed by atoms with Crippen LogP contribution in [0.25, 0.3) is 0 Å². The molecule has 3 heteroatoms. The van der Waals surface area contributed by atoms with Gasteiger partial charge in [-0.15, -0.1) is 0 Å². The Hall–Kier alpha value is -2.13. The maximum atomic E-state index is 13.0. The van der Waals surface area contributed by atoms with Crippen LogP contribution in [0.3, 0.4) is 0 Å². The van der Waals surface area contributed by atoms with Crippen LogP contribution in [0, 0.1) is 0 Å². The molecule has 0 aromatic heterocycles. The highest BCUT2D eigenvalue weighted by Crippen LogP contribution is 2.30. The highest BCUT2D eigenvalue weighted by atomic mass is 16.2. The Morgan fingerprint density at radius 1 is 0.852 bits per heavy atom. The van der Waals surface area contributed by atoms with E-state index in [4.69, 9.17) is 0 Å². The number of piperazine rings is 1. The number of piperidine rings is 1. The quantitative estimate of drug-likeness (QED) is 0.766. The fourth-order valence-electron chi connectivity index (χ4n) is 4.79. The van der Waals surface area contributed by atoms with Gasteiger partial charge in [0.2, 0.25) is 5.91 Å². The minimum atomic E-state index is 0.375. The third-order valence-corrected chi connectivity index (χ3v) is 6.04. The number of aryl methyl sites for hydroxylation is 1. The molecular formula is C24H30N2O. The van der Waals surface area contributed by atoms with Crippen LogP contribution in [0.1, 0.15) is 43.2 Å². The fourth-order valence-corrected chi connectivity index (χ4v) is 4.79. The zero-order valence-electron chi connectivity index (χ0n) is 16.1. The molecule has 2 atom stereocenters. The molecule has 2 aromatic carbocycles. The molecule has 0 unspecified atom stereocenters. The van der Waals surface area contributed by atoms with Crippen molar-refractivity contribution in [2.24, 2.45) is 0 Å². The summed E-state index contributed by atoms with van der Waals surface area (Å²) >= 11 is 0. The third kappa shape index (κ3) is 4.59. The SMILES string of the molecule is O=C(CCCc1ccccc1)N1[C@H]2CCC[C@H]1CN(Cc1ccccc1)C2. The summed E-state index contributed by atoms with van der Waals surface area (Å²) in [6, 6.07) is 22.0. The van der Waals surface area contributed by atoms with Crippen molar-refractivity contribution in [1.29, 1.82) is 0 Å². The van der Waals surface area contributed by atoms with Gasteiger partial charge in [0.05, 0.1) is 0 Å². The first-order valence-electron chi connectivity index (χ1n) is 10.4. The van der Waals surface area contributed by atoms with Crippen LogP contribution in [-0.2, 0) is 17.8 Å². The number of rotatable bonds is 6. The summed E-state index contributed by atoms with van der Waals surface area (Å²) < 4.78 is 0. The molecule has 2 aromatic rings. The molecule has 0 spiro atoms. The Balaban J connectivity index is 1.32. The van der Waals surface area contributed by atoms with E-state index in [-0.39, 0.29) is 0 Å². The van der Waals surface area contributed by atoms with Crippen molar-refractivity contribution >= 4 is 5.91 Å². The van der Waals surface area contributed by atoms with Gasteiger partial charge in [0.15, 0.2) is 0 Å². The van der Waals surface area contributed by atoms with E-state index in [1.807, 2.05) is 6.07 Å². The molecule has 2 fully saturated rings. The third-order valence-electron chi connectivity index (χ3n) is 6.04. The first kappa shape index (κ1) is 18.2. The molecule has 0 aliphatic carbocycles. The summed E-state index contributed by atoms with van der Waals surface area (Å²) in [5, 5.41) is 0. The molecule has 0 N–H and O–H groups in total.